The zero-order chi connectivity index (χ0) is 23.6. The van der Waals surface area contributed by atoms with Crippen LogP contribution in [0.25, 0.3) is 0 Å². The van der Waals surface area contributed by atoms with Crippen LogP contribution in [0, 0.1) is 0 Å². The largest absolute Gasteiger partial charge is 0.494 e. The van der Waals surface area contributed by atoms with Crippen LogP contribution in [-0.4, -0.2) is 94.1 Å². The Bertz CT molecular complexity index is 879. The van der Waals surface area contributed by atoms with Crippen molar-refractivity contribution < 1.29 is 28.8 Å². The first-order valence-corrected chi connectivity index (χ1v) is 10.9. The Hall–Kier alpha value is -3.01. The summed E-state index contributed by atoms with van der Waals surface area (Å²) in [6.45, 7) is 3.95. The van der Waals surface area contributed by atoms with Gasteiger partial charge in [-0.1, -0.05) is 18.2 Å². The standard InChI is InChI=1S/C24H33N3O6/c1-30-19-7-4-5-8-20(19)33-17-18(28)15-26-11-13-27(14-12-26)16-23(29)25-24-21(31-2)9-6-10-22(24)32-3/h4-10,18,28H,11-17H2,1-3H3,(H,25,29). The first kappa shape index (κ1) is 24.6. The molecule has 33 heavy (non-hydrogen) atoms. The molecule has 9 nitrogen and oxygen atoms in total. The lowest BCUT2D eigenvalue weighted by atomic mass is 10.2. The topological polar surface area (TPSA) is 92.7 Å². The van der Waals surface area contributed by atoms with Crippen LogP contribution in [0.1, 0.15) is 0 Å². The average molecular weight is 460 g/mol. The van der Waals surface area contributed by atoms with Crippen LogP contribution in [0.4, 0.5) is 5.69 Å². The van der Waals surface area contributed by atoms with Crippen LogP contribution in [0.15, 0.2) is 42.5 Å². The number of methoxy groups -OCH3 is 3. The number of carbonyl (C=O) groups is 1. The molecule has 1 fully saturated rings. The molecule has 2 aromatic carbocycles. The van der Waals surface area contributed by atoms with Crippen molar-refractivity contribution in [2.45, 2.75) is 6.10 Å². The highest BCUT2D eigenvalue weighted by molar-refractivity contribution is 5.95. The molecule has 1 aliphatic rings. The molecule has 3 rings (SSSR count). The van der Waals surface area contributed by atoms with Crippen LogP contribution in [0.5, 0.6) is 23.0 Å². The zero-order valence-electron chi connectivity index (χ0n) is 19.5. The second-order valence-electron chi connectivity index (χ2n) is 7.78. The van der Waals surface area contributed by atoms with Gasteiger partial charge in [-0.15, -0.1) is 0 Å². The first-order valence-electron chi connectivity index (χ1n) is 10.9. The fourth-order valence-corrected chi connectivity index (χ4v) is 3.76. The van der Waals surface area contributed by atoms with Gasteiger partial charge in [0.25, 0.3) is 0 Å². The van der Waals surface area contributed by atoms with Gasteiger partial charge >= 0.3 is 0 Å². The second kappa shape index (κ2) is 12.3. The molecule has 9 heteroatoms. The Morgan fingerprint density at radius 2 is 1.42 bits per heavy atom. The third-order valence-corrected chi connectivity index (χ3v) is 5.49. The molecule has 0 saturated carbocycles. The minimum atomic E-state index is -0.622. The number of benzene rings is 2. The van der Waals surface area contributed by atoms with Gasteiger partial charge in [0.2, 0.25) is 5.91 Å². The number of amides is 1. The monoisotopic (exact) mass is 459 g/mol. The number of aliphatic hydroxyl groups excluding tert-OH is 1. The number of nitrogens with zero attached hydrogens (tertiary/aromatic N) is 2. The normalized spacial score (nSPS) is 15.5. The molecule has 1 atom stereocenters. The third-order valence-electron chi connectivity index (χ3n) is 5.49. The predicted octanol–water partition coefficient (Wildman–Crippen LogP) is 1.71. The Kier molecular flexibility index (Phi) is 9.17. The molecule has 0 bridgehead atoms. The van der Waals surface area contributed by atoms with E-state index in [1.165, 1.54) is 0 Å². The Labute approximate surface area is 194 Å². The van der Waals surface area contributed by atoms with Crippen molar-refractivity contribution in [3.63, 3.8) is 0 Å². The van der Waals surface area contributed by atoms with Gasteiger partial charge in [-0.05, 0) is 24.3 Å². The summed E-state index contributed by atoms with van der Waals surface area (Å²) in [5.74, 6) is 2.23. The number of β-amino-alcohol motifs (C(OH)–C–C–N with tert-alkyl or cyclic N) is 1. The Balaban J connectivity index is 1.41. The molecular weight excluding hydrogens is 426 g/mol. The van der Waals surface area contributed by atoms with Gasteiger partial charge < -0.3 is 29.4 Å². The fourth-order valence-electron chi connectivity index (χ4n) is 3.76. The minimum absolute atomic E-state index is 0.128. The van der Waals surface area contributed by atoms with E-state index in [9.17, 15) is 9.90 Å². The Morgan fingerprint density at radius 3 is 2.03 bits per heavy atom. The van der Waals surface area contributed by atoms with E-state index in [4.69, 9.17) is 18.9 Å². The van der Waals surface area contributed by atoms with Gasteiger partial charge in [0.1, 0.15) is 29.9 Å². The minimum Gasteiger partial charge on any atom is -0.494 e. The fraction of sp³-hybridized carbons (Fsp3) is 0.458. The van der Waals surface area contributed by atoms with Crippen molar-refractivity contribution in [1.82, 2.24) is 9.80 Å². The molecule has 1 amide bonds. The molecule has 0 aromatic heterocycles. The van der Waals surface area contributed by atoms with Crippen molar-refractivity contribution in [2.75, 3.05) is 72.5 Å². The van der Waals surface area contributed by atoms with Gasteiger partial charge in [-0.25, -0.2) is 0 Å². The van der Waals surface area contributed by atoms with Gasteiger partial charge in [0, 0.05) is 32.7 Å². The summed E-state index contributed by atoms with van der Waals surface area (Å²) in [5.41, 5.74) is 0.532. The number of hydrogen-bond acceptors (Lipinski definition) is 8. The van der Waals surface area contributed by atoms with Crippen LogP contribution in [0.3, 0.4) is 0 Å². The molecule has 180 valence electrons. The van der Waals surface area contributed by atoms with Crippen molar-refractivity contribution in [1.29, 1.82) is 0 Å². The summed E-state index contributed by atoms with van der Waals surface area (Å²) in [6, 6.07) is 12.7. The third kappa shape index (κ3) is 6.98. The molecule has 1 saturated heterocycles. The lowest BCUT2D eigenvalue weighted by molar-refractivity contribution is -0.117. The summed E-state index contributed by atoms with van der Waals surface area (Å²) in [7, 11) is 4.70. The van der Waals surface area contributed by atoms with Gasteiger partial charge in [0.05, 0.1) is 27.9 Å². The molecule has 1 aliphatic heterocycles. The maximum Gasteiger partial charge on any atom is 0.238 e. The van der Waals surface area contributed by atoms with E-state index < -0.39 is 6.10 Å². The molecule has 0 radical (unpaired) electrons. The van der Waals surface area contributed by atoms with Crippen LogP contribution in [-0.2, 0) is 4.79 Å². The van der Waals surface area contributed by atoms with E-state index in [-0.39, 0.29) is 19.1 Å². The second-order valence-corrected chi connectivity index (χ2v) is 7.78. The highest BCUT2D eigenvalue weighted by atomic mass is 16.5. The van der Waals surface area contributed by atoms with Gasteiger partial charge in [0.15, 0.2) is 11.5 Å². The van der Waals surface area contributed by atoms with E-state index in [1.54, 1.807) is 33.5 Å². The van der Waals surface area contributed by atoms with Crippen molar-refractivity contribution in [2.24, 2.45) is 0 Å². The van der Waals surface area contributed by atoms with Crippen LogP contribution < -0.4 is 24.3 Å². The van der Waals surface area contributed by atoms with Crippen molar-refractivity contribution in [3.05, 3.63) is 42.5 Å². The quantitative estimate of drug-likeness (QED) is 0.525. The molecule has 0 aliphatic carbocycles. The molecule has 1 heterocycles. The van der Waals surface area contributed by atoms with Crippen LogP contribution >= 0.6 is 0 Å². The summed E-state index contributed by atoms with van der Waals surface area (Å²) < 4.78 is 21.6. The number of ether oxygens (including phenoxy) is 4. The average Bonchev–Trinajstić information content (AvgIpc) is 2.84. The first-order chi connectivity index (χ1) is 16.0. The smallest absolute Gasteiger partial charge is 0.238 e. The van der Waals surface area contributed by atoms with E-state index in [0.29, 0.717) is 35.2 Å². The number of rotatable bonds is 11. The molecule has 1 unspecified atom stereocenters. The maximum atomic E-state index is 12.6. The van der Waals surface area contributed by atoms with E-state index in [2.05, 4.69) is 15.1 Å². The Morgan fingerprint density at radius 1 is 0.879 bits per heavy atom. The SMILES string of the molecule is COc1ccccc1OCC(O)CN1CCN(CC(=O)Nc2c(OC)cccc2OC)CC1. The van der Waals surface area contributed by atoms with Crippen molar-refractivity contribution >= 4 is 11.6 Å². The van der Waals surface area contributed by atoms with Gasteiger partial charge in [-0.3, -0.25) is 14.6 Å². The molecule has 0 spiro atoms. The lowest BCUT2D eigenvalue weighted by Crippen LogP contribution is -2.50. The van der Waals surface area contributed by atoms with E-state index in [0.717, 1.165) is 26.2 Å². The maximum absolute atomic E-state index is 12.6. The number of piperazine rings is 1. The number of para-hydroxylation sites is 3. The zero-order valence-corrected chi connectivity index (χ0v) is 19.5. The number of hydrogen-bond donors (Lipinski definition) is 2. The highest BCUT2D eigenvalue weighted by Crippen LogP contribution is 2.34. The predicted molar refractivity (Wildman–Crippen MR) is 126 cm³/mol. The van der Waals surface area contributed by atoms with Crippen LogP contribution in [0.2, 0.25) is 0 Å². The van der Waals surface area contributed by atoms with Gasteiger partial charge in [-0.2, -0.15) is 0 Å². The molecule has 2 N–H and O–H groups in total. The summed E-state index contributed by atoms with van der Waals surface area (Å²) in [4.78, 5) is 16.9. The molecule has 2 aromatic rings. The molecular formula is C24H33N3O6. The number of carbonyl (C=O) groups excluding carboxylic acids is 1. The lowest BCUT2D eigenvalue weighted by Gasteiger charge is -2.35. The van der Waals surface area contributed by atoms with E-state index >= 15 is 0 Å². The van der Waals surface area contributed by atoms with Crippen molar-refractivity contribution in [3.8, 4) is 23.0 Å². The highest BCUT2D eigenvalue weighted by Gasteiger charge is 2.22. The number of aliphatic hydroxyl groups is 1. The summed E-state index contributed by atoms with van der Waals surface area (Å²) in [5, 5.41) is 13.3. The summed E-state index contributed by atoms with van der Waals surface area (Å²) in [6.07, 6.45) is -0.622. The number of nitrogens with one attached hydrogen (secondary N) is 1. The number of anilines is 1. The summed E-state index contributed by atoms with van der Waals surface area (Å²) >= 11 is 0. The van der Waals surface area contributed by atoms with E-state index in [1.807, 2.05) is 30.3 Å².